The van der Waals surface area contributed by atoms with E-state index in [-0.39, 0.29) is 5.69 Å². The monoisotopic (exact) mass is 367 g/mol. The summed E-state index contributed by atoms with van der Waals surface area (Å²) in [6.07, 6.45) is -4.07. The second kappa shape index (κ2) is 6.07. The Morgan fingerprint density at radius 1 is 1.00 bits per heavy atom. The highest BCUT2D eigenvalue weighted by Crippen LogP contribution is 2.29. The van der Waals surface area contributed by atoms with Crippen LogP contribution in [-0.2, 0) is 21.8 Å². The molecule has 2 heterocycles. The average Bonchev–Trinajstić information content (AvgIpc) is 2.55. The normalized spacial score (nSPS) is 12.5. The maximum atomic E-state index is 12.6. The number of rotatable bonds is 3. The quantitative estimate of drug-likeness (QED) is 0.710. The zero-order valence-electron chi connectivity index (χ0n) is 12.9. The number of halogens is 3. The van der Waals surface area contributed by atoms with E-state index in [1.165, 1.54) is 0 Å². The molecule has 0 saturated heterocycles. The molecule has 0 spiro atoms. The molecule has 3 rings (SSSR count). The van der Waals surface area contributed by atoms with Crippen molar-refractivity contribution in [2.24, 2.45) is 0 Å². The van der Waals surface area contributed by atoms with Gasteiger partial charge in [0.05, 0.1) is 28.0 Å². The van der Waals surface area contributed by atoms with E-state index in [0.29, 0.717) is 29.0 Å². The van der Waals surface area contributed by atoms with E-state index in [9.17, 15) is 21.6 Å². The SMILES string of the molecule is Cc1nc2ccccc2nc1CS(=O)(=O)c1ccc(C(F)(F)F)cn1. The fourth-order valence-corrected chi connectivity index (χ4v) is 3.52. The third-order valence-corrected chi connectivity index (χ3v) is 5.08. The molecule has 0 N–H and O–H groups in total. The van der Waals surface area contributed by atoms with Gasteiger partial charge in [0.25, 0.3) is 0 Å². The lowest BCUT2D eigenvalue weighted by atomic mass is 10.2. The Morgan fingerprint density at radius 2 is 1.64 bits per heavy atom. The molecule has 0 fully saturated rings. The van der Waals surface area contributed by atoms with E-state index in [0.717, 1.165) is 6.07 Å². The van der Waals surface area contributed by atoms with E-state index < -0.39 is 32.4 Å². The topological polar surface area (TPSA) is 72.8 Å². The van der Waals surface area contributed by atoms with E-state index >= 15 is 0 Å². The van der Waals surface area contributed by atoms with Gasteiger partial charge in [0, 0.05) is 6.20 Å². The summed E-state index contributed by atoms with van der Waals surface area (Å²) >= 11 is 0. The number of hydrogen-bond donors (Lipinski definition) is 0. The van der Waals surface area contributed by atoms with Crippen LogP contribution in [-0.4, -0.2) is 23.4 Å². The van der Waals surface area contributed by atoms with Crippen LogP contribution in [0.4, 0.5) is 13.2 Å². The summed E-state index contributed by atoms with van der Waals surface area (Å²) in [4.78, 5) is 12.0. The minimum absolute atomic E-state index is 0.236. The number of para-hydroxylation sites is 2. The number of alkyl halides is 3. The van der Waals surface area contributed by atoms with Crippen molar-refractivity contribution in [1.29, 1.82) is 0 Å². The van der Waals surface area contributed by atoms with Crippen LogP contribution in [0.1, 0.15) is 17.0 Å². The highest BCUT2D eigenvalue weighted by Gasteiger charge is 2.31. The van der Waals surface area contributed by atoms with E-state index in [1.54, 1.807) is 31.2 Å². The van der Waals surface area contributed by atoms with Crippen LogP contribution in [0.5, 0.6) is 0 Å². The minimum Gasteiger partial charge on any atom is -0.250 e. The number of benzene rings is 1. The lowest BCUT2D eigenvalue weighted by Crippen LogP contribution is -2.12. The van der Waals surface area contributed by atoms with Crippen LogP contribution < -0.4 is 0 Å². The molecule has 3 aromatic rings. The van der Waals surface area contributed by atoms with Gasteiger partial charge in [-0.3, -0.25) is 0 Å². The van der Waals surface area contributed by atoms with Crippen LogP contribution in [0.15, 0.2) is 47.6 Å². The molecule has 5 nitrogen and oxygen atoms in total. The van der Waals surface area contributed by atoms with Gasteiger partial charge in [-0.05, 0) is 31.2 Å². The number of aromatic nitrogens is 3. The number of hydrogen-bond acceptors (Lipinski definition) is 5. The van der Waals surface area contributed by atoms with Gasteiger partial charge in [-0.25, -0.2) is 23.4 Å². The Morgan fingerprint density at radius 3 is 2.20 bits per heavy atom. The lowest BCUT2D eigenvalue weighted by Gasteiger charge is -2.09. The summed E-state index contributed by atoms with van der Waals surface area (Å²) < 4.78 is 62.5. The lowest BCUT2D eigenvalue weighted by molar-refractivity contribution is -0.137. The minimum atomic E-state index is -4.57. The number of sulfone groups is 1. The van der Waals surface area contributed by atoms with Crippen molar-refractivity contribution in [2.45, 2.75) is 23.9 Å². The maximum absolute atomic E-state index is 12.6. The largest absolute Gasteiger partial charge is 0.417 e. The first-order chi connectivity index (χ1) is 11.7. The van der Waals surface area contributed by atoms with Crippen LogP contribution in [0.2, 0.25) is 0 Å². The summed E-state index contributed by atoms with van der Waals surface area (Å²) in [5.41, 5.74) is 0.843. The Balaban J connectivity index is 1.95. The van der Waals surface area contributed by atoms with E-state index in [2.05, 4.69) is 15.0 Å². The summed E-state index contributed by atoms with van der Waals surface area (Å²) in [6, 6.07) is 8.54. The van der Waals surface area contributed by atoms with E-state index in [4.69, 9.17) is 0 Å². The summed E-state index contributed by atoms with van der Waals surface area (Å²) in [5, 5.41) is -0.435. The zero-order valence-corrected chi connectivity index (χ0v) is 13.8. The molecule has 0 radical (unpaired) electrons. The molecule has 0 bridgehead atoms. The number of nitrogens with zero attached hydrogens (tertiary/aromatic N) is 3. The Hall–Kier alpha value is -2.55. The second-order valence-electron chi connectivity index (χ2n) is 5.39. The Bertz CT molecular complexity index is 1030. The van der Waals surface area contributed by atoms with Gasteiger partial charge in [-0.15, -0.1) is 0 Å². The van der Waals surface area contributed by atoms with Gasteiger partial charge in [-0.1, -0.05) is 12.1 Å². The average molecular weight is 367 g/mol. The van der Waals surface area contributed by atoms with Gasteiger partial charge in [0.1, 0.15) is 5.75 Å². The summed E-state index contributed by atoms with van der Waals surface area (Å²) in [5.74, 6) is -0.491. The van der Waals surface area contributed by atoms with Crippen LogP contribution in [0.3, 0.4) is 0 Å². The molecule has 0 unspecified atom stereocenters. The summed E-state index contributed by atoms with van der Waals surface area (Å²) in [7, 11) is -3.95. The third kappa shape index (κ3) is 3.60. The first-order valence-electron chi connectivity index (χ1n) is 7.15. The molecule has 1 aromatic carbocycles. The highest BCUT2D eigenvalue weighted by atomic mass is 32.2. The number of fused-ring (bicyclic) bond motifs is 1. The molecule has 0 aliphatic heterocycles. The van der Waals surface area contributed by atoms with E-state index in [1.807, 2.05) is 0 Å². The van der Waals surface area contributed by atoms with Crippen molar-refractivity contribution in [1.82, 2.24) is 15.0 Å². The maximum Gasteiger partial charge on any atom is 0.417 e. The Labute approximate surface area is 141 Å². The van der Waals surface area contributed by atoms with Crippen LogP contribution in [0.25, 0.3) is 11.0 Å². The zero-order chi connectivity index (χ0) is 18.2. The van der Waals surface area contributed by atoms with Crippen molar-refractivity contribution < 1.29 is 21.6 Å². The predicted molar refractivity (Wildman–Crippen MR) is 84.4 cm³/mol. The molecule has 130 valence electrons. The molecular weight excluding hydrogens is 355 g/mol. The van der Waals surface area contributed by atoms with Crippen molar-refractivity contribution in [3.05, 3.63) is 59.5 Å². The molecule has 0 atom stereocenters. The molecule has 0 saturated carbocycles. The standard InChI is InChI=1S/C16H12F3N3O2S/c1-10-14(22-13-5-3-2-4-12(13)21-10)9-25(23,24)15-7-6-11(8-20-15)16(17,18)19/h2-8H,9H2,1H3. The van der Waals surface area contributed by atoms with Crippen LogP contribution >= 0.6 is 0 Å². The predicted octanol–water partition coefficient (Wildman–Crippen LogP) is 3.33. The molecular formula is C16H12F3N3O2S. The van der Waals surface area contributed by atoms with Crippen molar-refractivity contribution in [3.63, 3.8) is 0 Å². The van der Waals surface area contributed by atoms with Gasteiger partial charge in [0.15, 0.2) is 5.03 Å². The molecule has 0 amide bonds. The molecule has 25 heavy (non-hydrogen) atoms. The van der Waals surface area contributed by atoms with Gasteiger partial charge in [0.2, 0.25) is 9.84 Å². The molecule has 0 aliphatic rings. The number of aryl methyl sites for hydroxylation is 1. The van der Waals surface area contributed by atoms with Gasteiger partial charge < -0.3 is 0 Å². The molecule has 2 aromatic heterocycles. The van der Waals surface area contributed by atoms with Crippen molar-refractivity contribution >= 4 is 20.9 Å². The van der Waals surface area contributed by atoms with Crippen LogP contribution in [0, 0.1) is 6.92 Å². The van der Waals surface area contributed by atoms with Crippen molar-refractivity contribution in [3.8, 4) is 0 Å². The third-order valence-electron chi connectivity index (χ3n) is 3.55. The fraction of sp³-hybridized carbons (Fsp3) is 0.188. The molecule has 9 heteroatoms. The fourth-order valence-electron chi connectivity index (χ4n) is 2.25. The summed E-state index contributed by atoms with van der Waals surface area (Å²) in [6.45, 7) is 1.63. The first-order valence-corrected chi connectivity index (χ1v) is 8.80. The second-order valence-corrected chi connectivity index (χ2v) is 7.32. The smallest absolute Gasteiger partial charge is 0.250 e. The molecule has 0 aliphatic carbocycles. The number of pyridine rings is 1. The highest BCUT2D eigenvalue weighted by molar-refractivity contribution is 7.90. The first kappa shape index (κ1) is 17.3. The van der Waals surface area contributed by atoms with Crippen molar-refractivity contribution in [2.75, 3.05) is 0 Å². The van der Waals surface area contributed by atoms with Gasteiger partial charge >= 0.3 is 6.18 Å². The Kier molecular flexibility index (Phi) is 4.19. The van der Waals surface area contributed by atoms with Gasteiger partial charge in [-0.2, -0.15) is 13.2 Å².